The zero-order chi connectivity index (χ0) is 35.5. The standard InChI is InChI=1S/C31H31F6N7O5/c1-4-20-14-22(26-23(7-9-25(42-26)47-3)44(20)29(46)48-5-2)40-27-38-15-17(6-8-24-41-28(45)49-43-24)21(39-27)12-16-10-18(30(32,33)34)13-19(11-16)31(35,36)37/h7,9-11,13,15,20,22H,4-6,8,12,14H2,1-3H3,(H,38,39,40)(H,41,43,45)/t20-,22+/m1/s1. The second-order valence-corrected chi connectivity index (χ2v) is 11.1. The fraction of sp³-hybridized carbons (Fsp3) is 0.419. The van der Waals surface area contributed by atoms with Crippen LogP contribution in [0.2, 0.25) is 0 Å². The van der Waals surface area contributed by atoms with Gasteiger partial charge in [0.25, 0.3) is 0 Å². The second-order valence-electron chi connectivity index (χ2n) is 11.1. The fourth-order valence-corrected chi connectivity index (χ4v) is 5.59. The van der Waals surface area contributed by atoms with Gasteiger partial charge in [-0.05, 0) is 61.6 Å². The SMILES string of the molecule is CCOC(=O)N1c2ccc(OC)nc2[C@@H](Nc2ncc(CCc3noc(=O)[nH]3)c(Cc3cc(C(F)(F)F)cc(C(F)(F)F)c3)n2)C[C@H]1CC. The molecule has 3 aromatic heterocycles. The van der Waals surface area contributed by atoms with Gasteiger partial charge in [0.2, 0.25) is 11.8 Å². The predicted molar refractivity (Wildman–Crippen MR) is 161 cm³/mol. The maximum absolute atomic E-state index is 13.7. The summed E-state index contributed by atoms with van der Waals surface area (Å²) in [5.41, 5.74) is -1.82. The minimum Gasteiger partial charge on any atom is -0.481 e. The summed E-state index contributed by atoms with van der Waals surface area (Å²) in [4.78, 5) is 41.8. The molecule has 12 nitrogen and oxygen atoms in total. The number of aromatic amines is 1. The zero-order valence-corrected chi connectivity index (χ0v) is 26.4. The van der Waals surface area contributed by atoms with Crippen LogP contribution in [0.5, 0.6) is 5.88 Å². The Hall–Kier alpha value is -5.16. The van der Waals surface area contributed by atoms with Crippen molar-refractivity contribution in [1.29, 1.82) is 0 Å². The van der Waals surface area contributed by atoms with Crippen molar-refractivity contribution in [3.05, 3.63) is 86.5 Å². The Morgan fingerprint density at radius 1 is 1.06 bits per heavy atom. The van der Waals surface area contributed by atoms with Gasteiger partial charge in [0, 0.05) is 31.1 Å². The molecule has 0 spiro atoms. The highest BCUT2D eigenvalue weighted by Gasteiger charge is 2.39. The largest absolute Gasteiger partial charge is 0.481 e. The van der Waals surface area contributed by atoms with Crippen molar-refractivity contribution in [2.24, 2.45) is 0 Å². The third-order valence-corrected chi connectivity index (χ3v) is 7.88. The highest BCUT2D eigenvalue weighted by atomic mass is 19.4. The molecule has 0 radical (unpaired) electrons. The zero-order valence-electron chi connectivity index (χ0n) is 26.4. The number of hydrogen-bond acceptors (Lipinski definition) is 10. The van der Waals surface area contributed by atoms with Crippen molar-refractivity contribution in [2.45, 2.75) is 70.4 Å². The smallest absolute Gasteiger partial charge is 0.438 e. The minimum absolute atomic E-state index is 0.0108. The van der Waals surface area contributed by atoms with E-state index < -0.39 is 47.8 Å². The van der Waals surface area contributed by atoms with Gasteiger partial charge in [-0.3, -0.25) is 14.4 Å². The van der Waals surface area contributed by atoms with Crippen LogP contribution in [0.15, 0.2) is 45.8 Å². The predicted octanol–water partition coefficient (Wildman–Crippen LogP) is 6.27. The van der Waals surface area contributed by atoms with Crippen LogP contribution in [-0.4, -0.2) is 50.9 Å². The van der Waals surface area contributed by atoms with Crippen LogP contribution in [0, 0.1) is 0 Å². The third-order valence-electron chi connectivity index (χ3n) is 7.88. The first-order valence-corrected chi connectivity index (χ1v) is 15.2. The number of carbonyl (C=O) groups is 1. The quantitative estimate of drug-likeness (QED) is 0.182. The number of amides is 1. The van der Waals surface area contributed by atoms with Crippen LogP contribution in [0.4, 0.5) is 42.8 Å². The lowest BCUT2D eigenvalue weighted by molar-refractivity contribution is -0.143. The molecule has 0 bridgehead atoms. The molecule has 0 saturated carbocycles. The molecule has 0 aliphatic carbocycles. The number of ether oxygens (including phenoxy) is 2. The molecular formula is C31H31F6N7O5. The lowest BCUT2D eigenvalue weighted by Gasteiger charge is -2.39. The number of anilines is 2. The number of hydrogen-bond donors (Lipinski definition) is 2. The van der Waals surface area contributed by atoms with Gasteiger partial charge in [0.05, 0.1) is 48.0 Å². The van der Waals surface area contributed by atoms with E-state index in [9.17, 15) is 35.9 Å². The van der Waals surface area contributed by atoms with Crippen molar-refractivity contribution >= 4 is 17.7 Å². The monoisotopic (exact) mass is 695 g/mol. The second kappa shape index (κ2) is 14.1. The number of aromatic nitrogens is 5. The lowest BCUT2D eigenvalue weighted by Crippen LogP contribution is -2.46. The number of nitrogens with zero attached hydrogens (tertiary/aromatic N) is 5. The number of methoxy groups -OCH3 is 1. The first-order valence-electron chi connectivity index (χ1n) is 15.2. The Balaban J connectivity index is 1.54. The molecule has 1 aliphatic heterocycles. The molecule has 2 N–H and O–H groups in total. The maximum atomic E-state index is 13.7. The number of pyridine rings is 1. The Labute approximate surface area is 274 Å². The summed E-state index contributed by atoms with van der Waals surface area (Å²) in [6.45, 7) is 3.73. The van der Waals surface area contributed by atoms with Gasteiger partial charge in [-0.2, -0.15) is 26.3 Å². The van der Waals surface area contributed by atoms with E-state index >= 15 is 0 Å². The van der Waals surface area contributed by atoms with E-state index in [4.69, 9.17) is 9.47 Å². The number of nitrogens with one attached hydrogen (secondary N) is 2. The summed E-state index contributed by atoms with van der Waals surface area (Å²) in [6.07, 6.45) is -8.58. The Kier molecular flexibility index (Phi) is 10.1. The van der Waals surface area contributed by atoms with Gasteiger partial charge in [0.1, 0.15) is 0 Å². The van der Waals surface area contributed by atoms with E-state index in [-0.39, 0.29) is 60.5 Å². The Morgan fingerprint density at radius 2 is 1.78 bits per heavy atom. The number of halogens is 6. The minimum atomic E-state index is -5.04. The van der Waals surface area contributed by atoms with E-state index in [1.807, 2.05) is 6.92 Å². The van der Waals surface area contributed by atoms with Gasteiger partial charge in [-0.1, -0.05) is 12.1 Å². The number of H-pyrrole nitrogens is 1. The van der Waals surface area contributed by atoms with Gasteiger partial charge in [0.15, 0.2) is 5.82 Å². The molecule has 1 amide bonds. The summed E-state index contributed by atoms with van der Waals surface area (Å²) in [7, 11) is 1.43. The van der Waals surface area contributed by atoms with E-state index in [0.29, 0.717) is 41.9 Å². The molecule has 0 saturated heterocycles. The number of carbonyl (C=O) groups excluding carboxylic acids is 1. The molecule has 5 rings (SSSR count). The van der Waals surface area contributed by atoms with Crippen LogP contribution in [0.25, 0.3) is 0 Å². The number of fused-ring (bicyclic) bond motifs is 1. The average Bonchev–Trinajstić information content (AvgIpc) is 3.47. The highest BCUT2D eigenvalue weighted by molar-refractivity contribution is 5.90. The Bertz CT molecular complexity index is 1830. The van der Waals surface area contributed by atoms with Crippen LogP contribution in [0.1, 0.15) is 72.2 Å². The molecule has 0 unspecified atom stereocenters. The number of aryl methyl sites for hydroxylation is 2. The van der Waals surface area contributed by atoms with E-state index in [2.05, 4.69) is 34.9 Å². The molecule has 4 aromatic rings. The first-order chi connectivity index (χ1) is 23.2. The van der Waals surface area contributed by atoms with E-state index in [1.54, 1.807) is 19.1 Å². The highest BCUT2D eigenvalue weighted by Crippen LogP contribution is 2.40. The summed E-state index contributed by atoms with van der Waals surface area (Å²) in [5.74, 6) is -0.347. The number of rotatable bonds is 10. The van der Waals surface area contributed by atoms with Crippen molar-refractivity contribution < 1.29 is 45.1 Å². The third kappa shape index (κ3) is 8.11. The van der Waals surface area contributed by atoms with Crippen LogP contribution in [0.3, 0.4) is 0 Å². The molecule has 18 heteroatoms. The average molecular weight is 696 g/mol. The van der Waals surface area contributed by atoms with Crippen LogP contribution < -0.4 is 20.7 Å². The van der Waals surface area contributed by atoms with E-state index in [0.717, 1.165) is 0 Å². The first kappa shape index (κ1) is 35.2. The summed E-state index contributed by atoms with van der Waals surface area (Å²) < 4.78 is 97.0. The summed E-state index contributed by atoms with van der Waals surface area (Å²) in [5, 5.41) is 6.79. The summed E-state index contributed by atoms with van der Waals surface area (Å²) >= 11 is 0. The molecule has 1 aliphatic rings. The van der Waals surface area contributed by atoms with Crippen molar-refractivity contribution in [3.63, 3.8) is 0 Å². The molecule has 262 valence electrons. The number of benzene rings is 1. The van der Waals surface area contributed by atoms with Gasteiger partial charge >= 0.3 is 24.2 Å². The molecule has 49 heavy (non-hydrogen) atoms. The van der Waals surface area contributed by atoms with Crippen molar-refractivity contribution in [1.82, 2.24) is 25.1 Å². The van der Waals surface area contributed by atoms with Gasteiger partial charge in [-0.15, -0.1) is 0 Å². The summed E-state index contributed by atoms with van der Waals surface area (Å²) in [6, 6.07) is 3.68. The van der Waals surface area contributed by atoms with Crippen molar-refractivity contribution in [3.8, 4) is 5.88 Å². The fourth-order valence-electron chi connectivity index (χ4n) is 5.59. The van der Waals surface area contributed by atoms with Crippen molar-refractivity contribution in [2.75, 3.05) is 23.9 Å². The molecule has 1 aromatic carbocycles. The molecule has 2 atom stereocenters. The molecule has 0 fully saturated rings. The van der Waals surface area contributed by atoms with Crippen LogP contribution >= 0.6 is 0 Å². The van der Waals surface area contributed by atoms with Gasteiger partial charge in [-0.25, -0.2) is 24.5 Å². The van der Waals surface area contributed by atoms with Crippen LogP contribution in [-0.2, 0) is 36.4 Å². The number of alkyl halides is 6. The maximum Gasteiger partial charge on any atom is 0.438 e. The molecule has 4 heterocycles. The Morgan fingerprint density at radius 3 is 2.37 bits per heavy atom. The normalized spacial score (nSPS) is 16.3. The molecular weight excluding hydrogens is 664 g/mol. The topological polar surface area (TPSA) is 148 Å². The van der Waals surface area contributed by atoms with E-state index in [1.165, 1.54) is 18.2 Å². The lowest BCUT2D eigenvalue weighted by atomic mass is 9.93. The van der Waals surface area contributed by atoms with Gasteiger partial charge < -0.3 is 14.8 Å².